The van der Waals surface area contributed by atoms with Crippen LogP contribution >= 0.6 is 11.3 Å². The maximum Gasteiger partial charge on any atom is 0.338 e. The quantitative estimate of drug-likeness (QED) is 0.137. The number of hydrogen-bond donors (Lipinski definition) is 0. The van der Waals surface area contributed by atoms with Crippen molar-refractivity contribution in [3.63, 3.8) is 0 Å². The molecule has 0 saturated heterocycles. The fourth-order valence-corrected chi connectivity index (χ4v) is 6.05. The normalized spacial score (nSPS) is 14.6. The third-order valence-electron chi connectivity index (χ3n) is 6.94. The number of esters is 1. The Labute approximate surface area is 261 Å². The van der Waals surface area contributed by atoms with Gasteiger partial charge in [-0.25, -0.2) is 9.79 Å². The molecule has 0 saturated carbocycles. The minimum absolute atomic E-state index is 0.0973. The zero-order chi connectivity index (χ0) is 32.4. The number of benzene rings is 2. The molecule has 1 atom stereocenters. The maximum atomic E-state index is 14.0. The maximum absolute atomic E-state index is 14.0. The molecule has 2 aromatic heterocycles. The summed E-state index contributed by atoms with van der Waals surface area (Å²) in [5, 5.41) is 11.4. The van der Waals surface area contributed by atoms with Gasteiger partial charge in [0.15, 0.2) is 16.3 Å². The van der Waals surface area contributed by atoms with Gasteiger partial charge in [-0.3, -0.25) is 19.5 Å². The molecular formula is C32H31N3O9S. The van der Waals surface area contributed by atoms with Crippen LogP contribution < -0.4 is 29.1 Å². The van der Waals surface area contributed by atoms with E-state index < -0.39 is 22.5 Å². The molecule has 0 unspecified atom stereocenters. The van der Waals surface area contributed by atoms with E-state index >= 15 is 0 Å². The number of thiazole rings is 1. The van der Waals surface area contributed by atoms with Crippen molar-refractivity contribution in [2.75, 3.05) is 20.8 Å². The number of furan rings is 1. The number of hydrogen-bond acceptors (Lipinski definition) is 11. The molecule has 0 spiro atoms. The van der Waals surface area contributed by atoms with Gasteiger partial charge in [0.25, 0.3) is 11.2 Å². The van der Waals surface area contributed by atoms with Gasteiger partial charge in [-0.15, -0.1) is 0 Å². The third kappa shape index (κ3) is 6.11. The van der Waals surface area contributed by atoms with Crippen LogP contribution in [0, 0.1) is 10.1 Å². The molecule has 5 rings (SSSR count). The molecule has 0 fully saturated rings. The first kappa shape index (κ1) is 31.3. The molecule has 234 valence electrons. The molecule has 1 aliphatic heterocycles. The second-order valence-corrected chi connectivity index (χ2v) is 11.2. The average Bonchev–Trinajstić information content (AvgIpc) is 3.60. The van der Waals surface area contributed by atoms with Crippen molar-refractivity contribution in [2.45, 2.75) is 39.8 Å². The molecule has 1 aliphatic rings. The van der Waals surface area contributed by atoms with Gasteiger partial charge in [0, 0.05) is 18.2 Å². The lowest BCUT2D eigenvalue weighted by atomic mass is 9.95. The van der Waals surface area contributed by atoms with Crippen LogP contribution in [0.4, 0.5) is 5.69 Å². The third-order valence-corrected chi connectivity index (χ3v) is 7.93. The van der Waals surface area contributed by atoms with Gasteiger partial charge in [0.2, 0.25) is 0 Å². The highest BCUT2D eigenvalue weighted by atomic mass is 32.1. The molecule has 13 heteroatoms. The van der Waals surface area contributed by atoms with E-state index in [2.05, 4.69) is 4.99 Å². The Balaban J connectivity index is 1.64. The van der Waals surface area contributed by atoms with Gasteiger partial charge in [0.1, 0.15) is 17.3 Å². The van der Waals surface area contributed by atoms with E-state index in [-0.39, 0.29) is 24.0 Å². The molecule has 0 radical (unpaired) electrons. The number of carbonyl (C=O) groups is 1. The van der Waals surface area contributed by atoms with E-state index in [1.165, 1.54) is 37.0 Å². The fourth-order valence-electron chi connectivity index (χ4n) is 5.02. The van der Waals surface area contributed by atoms with Crippen molar-refractivity contribution < 1.29 is 33.1 Å². The Hall–Kier alpha value is -5.17. The number of fused-ring (bicyclic) bond motifs is 1. The molecule has 3 heterocycles. The van der Waals surface area contributed by atoms with E-state index in [0.717, 1.165) is 11.3 Å². The molecule has 45 heavy (non-hydrogen) atoms. The molecule has 2 aromatic carbocycles. The summed E-state index contributed by atoms with van der Waals surface area (Å²) < 4.78 is 30.0. The number of methoxy groups -OCH3 is 2. The highest BCUT2D eigenvalue weighted by Gasteiger charge is 2.34. The van der Waals surface area contributed by atoms with Crippen molar-refractivity contribution in [3.8, 4) is 28.6 Å². The van der Waals surface area contributed by atoms with Crippen LogP contribution in [0.5, 0.6) is 17.2 Å². The van der Waals surface area contributed by atoms with E-state index in [0.29, 0.717) is 54.9 Å². The van der Waals surface area contributed by atoms with Gasteiger partial charge in [-0.05, 0) is 63.6 Å². The monoisotopic (exact) mass is 633 g/mol. The van der Waals surface area contributed by atoms with Gasteiger partial charge < -0.3 is 23.4 Å². The van der Waals surface area contributed by atoms with Gasteiger partial charge >= 0.3 is 5.97 Å². The zero-order valence-electron chi connectivity index (χ0n) is 25.5. The number of nitrogens with zero attached hydrogens (tertiary/aromatic N) is 3. The van der Waals surface area contributed by atoms with E-state index in [1.54, 1.807) is 50.3 Å². The smallest absolute Gasteiger partial charge is 0.338 e. The number of allylic oxidation sites excluding steroid dienone is 1. The van der Waals surface area contributed by atoms with E-state index in [1.807, 2.05) is 13.8 Å². The average molecular weight is 634 g/mol. The lowest BCUT2D eigenvalue weighted by Gasteiger charge is -2.25. The van der Waals surface area contributed by atoms with Gasteiger partial charge in [-0.2, -0.15) is 0 Å². The summed E-state index contributed by atoms with van der Waals surface area (Å²) in [5.74, 6) is 1.43. The van der Waals surface area contributed by atoms with Gasteiger partial charge in [0.05, 0.1) is 59.3 Å². The fraction of sp³-hybridized carbons (Fsp3) is 0.281. The molecule has 0 N–H and O–H groups in total. The summed E-state index contributed by atoms with van der Waals surface area (Å²) in [6.45, 7) is 7.36. The largest absolute Gasteiger partial charge is 0.496 e. The lowest BCUT2D eigenvalue weighted by molar-refractivity contribution is -0.384. The Bertz CT molecular complexity index is 2000. The highest BCUT2D eigenvalue weighted by Crippen LogP contribution is 2.37. The first-order chi connectivity index (χ1) is 21.6. The molecular weight excluding hydrogens is 602 g/mol. The number of non-ortho nitro benzene ring substituents is 1. The Morgan fingerprint density at radius 1 is 1.11 bits per heavy atom. The summed E-state index contributed by atoms with van der Waals surface area (Å²) in [6, 6.07) is 11.9. The van der Waals surface area contributed by atoms with Crippen LogP contribution in [0.15, 0.2) is 74.0 Å². The zero-order valence-corrected chi connectivity index (χ0v) is 26.3. The van der Waals surface area contributed by atoms with Crippen molar-refractivity contribution in [1.29, 1.82) is 0 Å². The molecule has 12 nitrogen and oxygen atoms in total. The molecule has 0 aliphatic carbocycles. The lowest BCUT2D eigenvalue weighted by Crippen LogP contribution is -2.40. The van der Waals surface area contributed by atoms with Crippen LogP contribution in [0.25, 0.3) is 17.4 Å². The van der Waals surface area contributed by atoms with Crippen molar-refractivity contribution in [1.82, 2.24) is 4.57 Å². The van der Waals surface area contributed by atoms with E-state index in [4.69, 9.17) is 23.4 Å². The predicted octanol–water partition coefficient (Wildman–Crippen LogP) is 4.77. The topological polar surface area (TPSA) is 145 Å². The Kier molecular flexibility index (Phi) is 8.91. The van der Waals surface area contributed by atoms with Gasteiger partial charge in [-0.1, -0.05) is 17.4 Å². The van der Waals surface area contributed by atoms with Crippen molar-refractivity contribution >= 4 is 29.1 Å². The van der Waals surface area contributed by atoms with E-state index in [9.17, 15) is 19.7 Å². The Morgan fingerprint density at radius 3 is 2.51 bits per heavy atom. The van der Waals surface area contributed by atoms with Crippen LogP contribution in [-0.2, 0) is 9.53 Å². The number of carbonyl (C=O) groups excluding carboxylic acids is 1. The first-order valence-electron chi connectivity index (χ1n) is 14.0. The van der Waals surface area contributed by atoms with Crippen molar-refractivity contribution in [2.24, 2.45) is 4.99 Å². The number of nitro benzene ring substituents is 1. The van der Waals surface area contributed by atoms with Crippen LogP contribution in [-0.4, -0.2) is 42.4 Å². The first-order valence-corrected chi connectivity index (χ1v) is 14.8. The summed E-state index contributed by atoms with van der Waals surface area (Å²) in [7, 11) is 2.98. The summed E-state index contributed by atoms with van der Waals surface area (Å²) in [5.41, 5.74) is 1.13. The van der Waals surface area contributed by atoms with Crippen LogP contribution in [0.2, 0.25) is 0 Å². The SMILES string of the molecule is CCOC(=O)C1=C(C)N=c2s/c(=C/c3ccc(-c4cc([N+](=O)[O-])ccc4OC)o3)c(=O)n2[C@H]1c1ccc(OC(C)C)c(OC)c1. The number of ether oxygens (including phenoxy) is 4. The summed E-state index contributed by atoms with van der Waals surface area (Å²) in [6.07, 6.45) is 1.47. The highest BCUT2D eigenvalue weighted by molar-refractivity contribution is 7.07. The number of rotatable bonds is 10. The second-order valence-electron chi connectivity index (χ2n) is 10.2. The minimum Gasteiger partial charge on any atom is -0.496 e. The molecule has 0 amide bonds. The van der Waals surface area contributed by atoms with Crippen LogP contribution in [0.1, 0.15) is 45.1 Å². The minimum atomic E-state index is -0.856. The van der Waals surface area contributed by atoms with Crippen molar-refractivity contribution in [3.05, 3.63) is 101 Å². The predicted molar refractivity (Wildman–Crippen MR) is 167 cm³/mol. The summed E-state index contributed by atoms with van der Waals surface area (Å²) in [4.78, 5) is 43.1. The standard InChI is InChI=1S/C32H31N3O9S/c1-7-42-31(37)28-18(4)33-32-34(29(28)19-8-11-25(43-17(2)3)26(14-19)41-6)30(36)27(45-32)16-21-10-13-24(44-21)22-15-20(35(38)39)9-12-23(22)40-5/h8-17,29H,7H2,1-6H3/b27-16+/t29-/m0/s1. The second kappa shape index (κ2) is 12.8. The van der Waals surface area contributed by atoms with Crippen LogP contribution in [0.3, 0.4) is 0 Å². The number of aromatic nitrogens is 1. The molecule has 0 bridgehead atoms. The Morgan fingerprint density at radius 2 is 1.84 bits per heavy atom. The molecule has 4 aromatic rings. The number of nitro groups is 1. The summed E-state index contributed by atoms with van der Waals surface area (Å²) >= 11 is 1.14.